The molecule has 1 atom stereocenters. The average molecular weight is 492 g/mol. The Morgan fingerprint density at radius 1 is 0.971 bits per heavy atom. The molecule has 34 heavy (non-hydrogen) atoms. The van der Waals surface area contributed by atoms with Crippen molar-refractivity contribution in [3.63, 3.8) is 0 Å². The number of hydrogen-bond acceptors (Lipinski definition) is 4. The van der Waals surface area contributed by atoms with Gasteiger partial charge in [0.25, 0.3) is 0 Å². The van der Waals surface area contributed by atoms with Crippen molar-refractivity contribution in [2.75, 3.05) is 23.7 Å². The standard InChI is InChI=1S/C25H34FN3O4S/c1-5-16-27-25(31)23(7-3)28(17-20-8-12-21(26)13-9-20)24(30)18-29(34(4,32)33)22-14-10-19(6-2)11-15-22/h8-15,23H,5-7,16-18H2,1-4H3,(H,27,31)/t23-/m0/s1. The summed E-state index contributed by atoms with van der Waals surface area (Å²) in [5, 5.41) is 2.82. The quantitative estimate of drug-likeness (QED) is 0.492. The van der Waals surface area contributed by atoms with Gasteiger partial charge in [-0.25, -0.2) is 12.8 Å². The molecule has 0 aliphatic heterocycles. The van der Waals surface area contributed by atoms with Crippen LogP contribution in [0.1, 0.15) is 44.7 Å². The maximum Gasteiger partial charge on any atom is 0.244 e. The van der Waals surface area contributed by atoms with Gasteiger partial charge in [-0.15, -0.1) is 0 Å². The lowest BCUT2D eigenvalue weighted by molar-refractivity contribution is -0.140. The number of nitrogens with zero attached hydrogens (tertiary/aromatic N) is 2. The molecule has 0 unspecified atom stereocenters. The number of hydrogen-bond donors (Lipinski definition) is 1. The van der Waals surface area contributed by atoms with Gasteiger partial charge in [-0.1, -0.05) is 45.0 Å². The third-order valence-electron chi connectivity index (χ3n) is 5.51. The second-order valence-electron chi connectivity index (χ2n) is 8.15. The van der Waals surface area contributed by atoms with Crippen molar-refractivity contribution in [1.82, 2.24) is 10.2 Å². The fraction of sp³-hybridized carbons (Fsp3) is 0.440. The maximum absolute atomic E-state index is 13.5. The van der Waals surface area contributed by atoms with Crippen LogP contribution in [0.2, 0.25) is 0 Å². The van der Waals surface area contributed by atoms with Gasteiger partial charge in [0.1, 0.15) is 18.4 Å². The fourth-order valence-electron chi connectivity index (χ4n) is 3.58. The Balaban J connectivity index is 2.40. The predicted octanol–water partition coefficient (Wildman–Crippen LogP) is 3.49. The van der Waals surface area contributed by atoms with Gasteiger partial charge in [0.15, 0.2) is 0 Å². The zero-order valence-corrected chi connectivity index (χ0v) is 21.1. The summed E-state index contributed by atoms with van der Waals surface area (Å²) in [4.78, 5) is 27.7. The van der Waals surface area contributed by atoms with E-state index in [1.165, 1.54) is 17.0 Å². The van der Waals surface area contributed by atoms with Crippen LogP contribution in [0.4, 0.5) is 10.1 Å². The molecule has 2 amide bonds. The number of anilines is 1. The van der Waals surface area contributed by atoms with Crippen molar-refractivity contribution in [3.8, 4) is 0 Å². The van der Waals surface area contributed by atoms with Crippen LogP contribution in [-0.2, 0) is 32.6 Å². The first-order valence-electron chi connectivity index (χ1n) is 11.5. The number of aryl methyl sites for hydroxylation is 1. The van der Waals surface area contributed by atoms with Crippen LogP contribution in [0.3, 0.4) is 0 Å². The molecule has 0 aliphatic rings. The van der Waals surface area contributed by atoms with E-state index in [9.17, 15) is 22.4 Å². The Kier molecular flexibility index (Phi) is 10.0. The van der Waals surface area contributed by atoms with Crippen molar-refractivity contribution in [2.45, 2.75) is 52.6 Å². The van der Waals surface area contributed by atoms with E-state index in [0.717, 1.165) is 29.0 Å². The van der Waals surface area contributed by atoms with Crippen LogP contribution < -0.4 is 9.62 Å². The van der Waals surface area contributed by atoms with Crippen LogP contribution in [0, 0.1) is 5.82 Å². The Labute approximate surface area is 202 Å². The Hall–Kier alpha value is -2.94. The van der Waals surface area contributed by atoms with Crippen molar-refractivity contribution in [2.24, 2.45) is 0 Å². The number of nitrogens with one attached hydrogen (secondary N) is 1. The van der Waals surface area contributed by atoms with Crippen LogP contribution in [-0.4, -0.2) is 50.5 Å². The highest BCUT2D eigenvalue weighted by Crippen LogP contribution is 2.20. The number of rotatable bonds is 12. The van der Waals surface area contributed by atoms with Crippen molar-refractivity contribution in [3.05, 3.63) is 65.5 Å². The summed E-state index contributed by atoms with van der Waals surface area (Å²) in [6, 6.07) is 11.8. The summed E-state index contributed by atoms with van der Waals surface area (Å²) in [5.41, 5.74) is 2.05. The van der Waals surface area contributed by atoms with Crippen LogP contribution in [0.25, 0.3) is 0 Å². The van der Waals surface area contributed by atoms with Gasteiger partial charge >= 0.3 is 0 Å². The van der Waals surface area contributed by atoms with Crippen LogP contribution >= 0.6 is 0 Å². The van der Waals surface area contributed by atoms with Crippen molar-refractivity contribution >= 4 is 27.5 Å². The molecule has 0 spiro atoms. The van der Waals surface area contributed by atoms with Crippen LogP contribution in [0.15, 0.2) is 48.5 Å². The summed E-state index contributed by atoms with van der Waals surface area (Å²) < 4.78 is 39.6. The minimum Gasteiger partial charge on any atom is -0.354 e. The van der Waals surface area contributed by atoms with E-state index < -0.39 is 34.3 Å². The summed E-state index contributed by atoms with van der Waals surface area (Å²) >= 11 is 0. The third-order valence-corrected chi connectivity index (χ3v) is 6.65. The first-order valence-corrected chi connectivity index (χ1v) is 13.3. The second-order valence-corrected chi connectivity index (χ2v) is 10.1. The van der Waals surface area contributed by atoms with E-state index in [1.54, 1.807) is 31.2 Å². The van der Waals surface area contributed by atoms with Gasteiger partial charge in [0, 0.05) is 13.1 Å². The normalized spacial score (nSPS) is 12.1. The summed E-state index contributed by atoms with van der Waals surface area (Å²) in [5.74, 6) is -1.24. The Morgan fingerprint density at radius 2 is 1.56 bits per heavy atom. The number of benzene rings is 2. The molecule has 2 aromatic carbocycles. The van der Waals surface area contributed by atoms with E-state index in [1.807, 2.05) is 26.0 Å². The molecule has 186 valence electrons. The lowest BCUT2D eigenvalue weighted by Gasteiger charge is -2.33. The topological polar surface area (TPSA) is 86.8 Å². The van der Waals surface area contributed by atoms with Crippen molar-refractivity contribution < 1.29 is 22.4 Å². The molecule has 0 bridgehead atoms. The first kappa shape index (κ1) is 27.3. The molecular formula is C25H34FN3O4S. The third kappa shape index (κ3) is 7.55. The fourth-order valence-corrected chi connectivity index (χ4v) is 4.43. The highest BCUT2D eigenvalue weighted by molar-refractivity contribution is 7.92. The van der Waals surface area contributed by atoms with E-state index in [2.05, 4.69) is 5.32 Å². The number of amides is 2. The monoisotopic (exact) mass is 491 g/mol. The van der Waals surface area contributed by atoms with Gasteiger partial charge in [-0.05, 0) is 54.7 Å². The molecule has 9 heteroatoms. The van der Waals surface area contributed by atoms with Crippen LogP contribution in [0.5, 0.6) is 0 Å². The Morgan fingerprint density at radius 3 is 2.06 bits per heavy atom. The lowest BCUT2D eigenvalue weighted by atomic mass is 10.1. The number of carbonyl (C=O) groups is 2. The molecule has 2 rings (SSSR count). The number of halogens is 1. The lowest BCUT2D eigenvalue weighted by Crippen LogP contribution is -2.52. The Bertz CT molecular complexity index is 1060. The van der Waals surface area contributed by atoms with Gasteiger partial charge in [0.05, 0.1) is 11.9 Å². The van der Waals surface area contributed by atoms with E-state index in [-0.39, 0.29) is 12.5 Å². The molecule has 0 saturated heterocycles. The molecule has 0 aromatic heterocycles. The predicted molar refractivity (Wildman–Crippen MR) is 132 cm³/mol. The molecule has 0 radical (unpaired) electrons. The molecule has 1 N–H and O–H groups in total. The average Bonchev–Trinajstić information content (AvgIpc) is 2.81. The minimum atomic E-state index is -3.78. The summed E-state index contributed by atoms with van der Waals surface area (Å²) in [7, 11) is -3.78. The zero-order chi connectivity index (χ0) is 25.3. The van der Waals surface area contributed by atoms with Gasteiger partial charge in [-0.3, -0.25) is 13.9 Å². The zero-order valence-electron chi connectivity index (χ0n) is 20.3. The highest BCUT2D eigenvalue weighted by Gasteiger charge is 2.31. The van der Waals surface area contributed by atoms with Gasteiger partial charge in [0.2, 0.25) is 21.8 Å². The molecule has 0 fully saturated rings. The molecule has 0 saturated carbocycles. The number of carbonyl (C=O) groups excluding carboxylic acids is 2. The molecule has 0 aliphatic carbocycles. The smallest absolute Gasteiger partial charge is 0.244 e. The molecule has 0 heterocycles. The van der Waals surface area contributed by atoms with E-state index in [0.29, 0.717) is 24.2 Å². The van der Waals surface area contributed by atoms with E-state index in [4.69, 9.17) is 0 Å². The maximum atomic E-state index is 13.5. The van der Waals surface area contributed by atoms with E-state index >= 15 is 0 Å². The molecular weight excluding hydrogens is 457 g/mol. The largest absolute Gasteiger partial charge is 0.354 e. The molecule has 7 nitrogen and oxygen atoms in total. The second kappa shape index (κ2) is 12.5. The molecule has 2 aromatic rings. The summed E-state index contributed by atoms with van der Waals surface area (Å²) in [6.45, 7) is 5.77. The van der Waals surface area contributed by atoms with Gasteiger partial charge < -0.3 is 10.2 Å². The SMILES string of the molecule is CCCNC(=O)[C@H](CC)N(Cc1ccc(F)cc1)C(=O)CN(c1ccc(CC)cc1)S(C)(=O)=O. The first-order chi connectivity index (χ1) is 16.1. The highest BCUT2D eigenvalue weighted by atomic mass is 32.2. The van der Waals surface area contributed by atoms with Gasteiger partial charge in [-0.2, -0.15) is 0 Å². The number of sulfonamides is 1. The summed E-state index contributed by atoms with van der Waals surface area (Å²) in [6.07, 6.45) is 2.93. The van der Waals surface area contributed by atoms with Crippen molar-refractivity contribution in [1.29, 1.82) is 0 Å². The minimum absolute atomic E-state index is 0.0452.